The second kappa shape index (κ2) is 6.37. The summed E-state index contributed by atoms with van der Waals surface area (Å²) in [6.45, 7) is 10.3. The molecule has 1 fully saturated rings. The van der Waals surface area contributed by atoms with E-state index in [1.807, 2.05) is 0 Å². The van der Waals surface area contributed by atoms with Crippen molar-refractivity contribution in [2.75, 3.05) is 38.0 Å². The van der Waals surface area contributed by atoms with Crippen LogP contribution in [0.1, 0.15) is 20.3 Å². The molecule has 0 unspecified atom stereocenters. The Hall–Kier alpha value is -0.100. The number of halogens is 1. The molecule has 0 amide bonds. The van der Waals surface area contributed by atoms with E-state index in [9.17, 15) is 0 Å². The molecule has 2 heterocycles. The first-order valence-corrected chi connectivity index (χ1v) is 8.19. The fraction of sp³-hybridized carbons (Fsp3) is 0.692. The van der Waals surface area contributed by atoms with E-state index in [0.717, 1.165) is 37.2 Å². The maximum absolute atomic E-state index is 3.51. The molecule has 0 atom stereocenters. The van der Waals surface area contributed by atoms with Crippen LogP contribution >= 0.6 is 27.3 Å². The molecule has 3 nitrogen and oxygen atoms in total. The van der Waals surface area contributed by atoms with Gasteiger partial charge in [-0.3, -0.25) is 4.90 Å². The minimum atomic E-state index is 0.281. The lowest BCUT2D eigenvalue weighted by atomic mass is 9.97. The van der Waals surface area contributed by atoms with Crippen LogP contribution in [0, 0.1) is 0 Å². The molecule has 1 aliphatic heterocycles. The number of hydrogen-bond donors (Lipinski definition) is 2. The molecule has 0 aliphatic carbocycles. The Labute approximate surface area is 122 Å². The van der Waals surface area contributed by atoms with Gasteiger partial charge in [-0.2, -0.15) is 0 Å². The Morgan fingerprint density at radius 1 is 1.44 bits per heavy atom. The molecule has 18 heavy (non-hydrogen) atoms. The number of piperazine rings is 1. The lowest BCUT2D eigenvalue weighted by Gasteiger charge is -2.41. The third kappa shape index (κ3) is 3.95. The lowest BCUT2D eigenvalue weighted by Crippen LogP contribution is -2.53. The summed E-state index contributed by atoms with van der Waals surface area (Å²) >= 11 is 5.24. The standard InChI is InChI=1S/C13H22BrN3S/c1-13(2,17-7-5-15-6-8-17)3-4-16-12-9-11(14)10-18-12/h9-10,15-16H,3-8H2,1-2H3. The van der Waals surface area contributed by atoms with Crippen molar-refractivity contribution in [3.05, 3.63) is 15.9 Å². The van der Waals surface area contributed by atoms with E-state index >= 15 is 0 Å². The highest BCUT2D eigenvalue weighted by atomic mass is 79.9. The summed E-state index contributed by atoms with van der Waals surface area (Å²) < 4.78 is 1.16. The van der Waals surface area contributed by atoms with Crippen LogP contribution in [0.15, 0.2) is 15.9 Å². The Kier molecular flexibility index (Phi) is 5.06. The van der Waals surface area contributed by atoms with Crippen molar-refractivity contribution in [1.82, 2.24) is 10.2 Å². The van der Waals surface area contributed by atoms with Gasteiger partial charge in [-0.15, -0.1) is 11.3 Å². The summed E-state index contributed by atoms with van der Waals surface area (Å²) in [5.41, 5.74) is 0.281. The summed E-state index contributed by atoms with van der Waals surface area (Å²) in [4.78, 5) is 2.59. The molecular formula is C13H22BrN3S. The van der Waals surface area contributed by atoms with Crippen molar-refractivity contribution >= 4 is 32.3 Å². The number of thiophene rings is 1. The van der Waals surface area contributed by atoms with E-state index in [-0.39, 0.29) is 5.54 Å². The number of nitrogens with one attached hydrogen (secondary N) is 2. The van der Waals surface area contributed by atoms with Crippen molar-refractivity contribution in [2.24, 2.45) is 0 Å². The number of anilines is 1. The van der Waals surface area contributed by atoms with E-state index in [0.29, 0.717) is 0 Å². The third-order valence-electron chi connectivity index (χ3n) is 3.58. The topological polar surface area (TPSA) is 27.3 Å². The monoisotopic (exact) mass is 331 g/mol. The van der Waals surface area contributed by atoms with Gasteiger partial charge < -0.3 is 10.6 Å². The summed E-state index contributed by atoms with van der Waals surface area (Å²) in [6.07, 6.45) is 1.17. The molecular weight excluding hydrogens is 310 g/mol. The average molecular weight is 332 g/mol. The number of rotatable bonds is 5. The maximum atomic E-state index is 3.51. The lowest BCUT2D eigenvalue weighted by molar-refractivity contribution is 0.0987. The SMILES string of the molecule is CC(C)(CCNc1cc(Br)cs1)N1CCNCC1. The Bertz CT molecular complexity index is 372. The summed E-state index contributed by atoms with van der Waals surface area (Å²) in [6, 6.07) is 2.14. The van der Waals surface area contributed by atoms with Gasteiger partial charge in [-0.25, -0.2) is 0 Å². The number of hydrogen-bond acceptors (Lipinski definition) is 4. The first-order chi connectivity index (χ1) is 8.58. The van der Waals surface area contributed by atoms with Gasteiger partial charge >= 0.3 is 0 Å². The van der Waals surface area contributed by atoms with Gasteiger partial charge in [0.05, 0.1) is 5.00 Å². The van der Waals surface area contributed by atoms with E-state index in [1.165, 1.54) is 11.4 Å². The molecule has 102 valence electrons. The average Bonchev–Trinajstić information content (AvgIpc) is 2.76. The van der Waals surface area contributed by atoms with E-state index in [1.54, 1.807) is 11.3 Å². The van der Waals surface area contributed by atoms with Crippen LogP contribution in [-0.4, -0.2) is 43.2 Å². The first kappa shape index (κ1) is 14.3. The Morgan fingerprint density at radius 3 is 2.78 bits per heavy atom. The third-order valence-corrected chi connectivity index (χ3v) is 5.23. The van der Waals surface area contributed by atoms with Crippen LogP contribution in [0.5, 0.6) is 0 Å². The van der Waals surface area contributed by atoms with Crippen LogP contribution < -0.4 is 10.6 Å². The van der Waals surface area contributed by atoms with Gasteiger partial charge in [-0.1, -0.05) is 0 Å². The van der Waals surface area contributed by atoms with Crippen LogP contribution in [0.2, 0.25) is 0 Å². The highest BCUT2D eigenvalue weighted by Gasteiger charge is 2.27. The smallest absolute Gasteiger partial charge is 0.0894 e. The second-order valence-electron chi connectivity index (χ2n) is 5.36. The largest absolute Gasteiger partial charge is 0.377 e. The molecule has 1 aromatic rings. The molecule has 0 saturated carbocycles. The van der Waals surface area contributed by atoms with Gasteiger partial charge in [0.1, 0.15) is 0 Å². The first-order valence-electron chi connectivity index (χ1n) is 6.52. The van der Waals surface area contributed by atoms with Crippen molar-refractivity contribution in [3.63, 3.8) is 0 Å². The minimum Gasteiger partial charge on any atom is -0.377 e. The fourth-order valence-corrected chi connectivity index (χ4v) is 3.67. The van der Waals surface area contributed by atoms with E-state index < -0.39 is 0 Å². The van der Waals surface area contributed by atoms with Crippen LogP contribution in [0.4, 0.5) is 5.00 Å². The predicted molar refractivity (Wildman–Crippen MR) is 83.6 cm³/mol. The molecule has 0 spiro atoms. The van der Waals surface area contributed by atoms with Gasteiger partial charge in [0.2, 0.25) is 0 Å². The zero-order valence-electron chi connectivity index (χ0n) is 11.1. The molecule has 1 saturated heterocycles. The van der Waals surface area contributed by atoms with Crippen molar-refractivity contribution < 1.29 is 0 Å². The minimum absolute atomic E-state index is 0.281. The van der Waals surface area contributed by atoms with Crippen molar-refractivity contribution in [1.29, 1.82) is 0 Å². The van der Waals surface area contributed by atoms with E-state index in [2.05, 4.69) is 56.8 Å². The Morgan fingerprint density at radius 2 is 2.17 bits per heavy atom. The zero-order chi connectivity index (χ0) is 13.0. The second-order valence-corrected chi connectivity index (χ2v) is 7.18. The maximum Gasteiger partial charge on any atom is 0.0894 e. The highest BCUT2D eigenvalue weighted by Crippen LogP contribution is 2.25. The summed E-state index contributed by atoms with van der Waals surface area (Å²) in [5, 5.41) is 10.3. The molecule has 5 heteroatoms. The van der Waals surface area contributed by atoms with Crippen molar-refractivity contribution in [3.8, 4) is 0 Å². The zero-order valence-corrected chi connectivity index (χ0v) is 13.5. The van der Waals surface area contributed by atoms with Gasteiger partial charge in [0, 0.05) is 48.1 Å². The molecule has 0 bridgehead atoms. The normalized spacial score (nSPS) is 17.9. The molecule has 1 aromatic heterocycles. The van der Waals surface area contributed by atoms with Crippen LogP contribution in [-0.2, 0) is 0 Å². The van der Waals surface area contributed by atoms with Gasteiger partial charge in [-0.05, 0) is 42.3 Å². The van der Waals surface area contributed by atoms with Crippen molar-refractivity contribution in [2.45, 2.75) is 25.8 Å². The molecule has 2 N–H and O–H groups in total. The predicted octanol–water partition coefficient (Wildman–Crippen LogP) is 3.00. The fourth-order valence-electron chi connectivity index (χ4n) is 2.33. The summed E-state index contributed by atoms with van der Waals surface area (Å²) in [5.74, 6) is 0. The highest BCUT2D eigenvalue weighted by molar-refractivity contribution is 9.10. The molecule has 2 rings (SSSR count). The van der Waals surface area contributed by atoms with Crippen LogP contribution in [0.3, 0.4) is 0 Å². The molecule has 0 radical (unpaired) electrons. The van der Waals surface area contributed by atoms with Crippen LogP contribution in [0.25, 0.3) is 0 Å². The van der Waals surface area contributed by atoms with Gasteiger partial charge in [0.15, 0.2) is 0 Å². The number of nitrogens with zero attached hydrogens (tertiary/aromatic N) is 1. The quantitative estimate of drug-likeness (QED) is 0.868. The van der Waals surface area contributed by atoms with Gasteiger partial charge in [0.25, 0.3) is 0 Å². The summed E-state index contributed by atoms with van der Waals surface area (Å²) in [7, 11) is 0. The molecule has 1 aliphatic rings. The Balaban J connectivity index is 1.77. The van der Waals surface area contributed by atoms with E-state index in [4.69, 9.17) is 0 Å². The molecule has 0 aromatic carbocycles.